The Morgan fingerprint density at radius 1 is 1.28 bits per heavy atom. The van der Waals surface area contributed by atoms with Gasteiger partial charge in [0.25, 0.3) is 0 Å². The summed E-state index contributed by atoms with van der Waals surface area (Å²) in [6, 6.07) is 7.43. The van der Waals surface area contributed by atoms with E-state index >= 15 is 0 Å². The van der Waals surface area contributed by atoms with E-state index in [-0.39, 0.29) is 11.8 Å². The first-order valence-corrected chi connectivity index (χ1v) is 8.05. The molecule has 2 N–H and O–H groups in total. The van der Waals surface area contributed by atoms with Crippen LogP contribution in [0.3, 0.4) is 0 Å². The maximum Gasteiger partial charge on any atom is 0.323 e. The molecule has 1 aromatic heterocycles. The minimum Gasteiger partial charge on any atom is -0.481 e. The number of benzene rings is 1. The van der Waals surface area contributed by atoms with E-state index in [4.69, 9.17) is 5.11 Å². The van der Waals surface area contributed by atoms with Gasteiger partial charge in [-0.05, 0) is 38.0 Å². The number of hydrogen-bond acceptors (Lipinski definition) is 3. The Kier molecular flexibility index (Phi) is 4.69. The third-order valence-electron chi connectivity index (χ3n) is 4.31. The molecule has 2 heterocycles. The number of carbonyl (C=O) groups is 2. The molecule has 8 heteroatoms. The summed E-state index contributed by atoms with van der Waals surface area (Å²) >= 11 is 0. The molecule has 132 valence electrons. The average molecular weight is 346 g/mol. The number of aliphatic carboxylic acids is 1. The van der Waals surface area contributed by atoms with Gasteiger partial charge in [0.15, 0.2) is 5.82 Å². The fourth-order valence-electron chi connectivity index (χ4n) is 2.92. The van der Waals surface area contributed by atoms with Gasteiger partial charge in [0.2, 0.25) is 0 Å². The minimum atomic E-state index is -0.815. The van der Waals surface area contributed by atoms with Crippen molar-refractivity contribution in [1.82, 2.24) is 14.7 Å². The number of carboxylic acid groups (broad SMARTS) is 1. The van der Waals surface area contributed by atoms with Crippen LogP contribution in [0.5, 0.6) is 0 Å². The van der Waals surface area contributed by atoms with Crippen LogP contribution in [0, 0.1) is 18.7 Å². The minimum absolute atomic E-state index is 0.312. The van der Waals surface area contributed by atoms with E-state index in [1.807, 2.05) is 6.92 Å². The Morgan fingerprint density at radius 2 is 2.00 bits per heavy atom. The van der Waals surface area contributed by atoms with Crippen molar-refractivity contribution in [3.05, 3.63) is 41.8 Å². The van der Waals surface area contributed by atoms with Crippen molar-refractivity contribution in [3.8, 4) is 5.69 Å². The molecule has 25 heavy (non-hydrogen) atoms. The Hall–Kier alpha value is -2.90. The molecule has 1 saturated heterocycles. The molecule has 2 aromatic rings. The molecule has 2 amide bonds. The normalized spacial score (nSPS) is 15.2. The fraction of sp³-hybridized carbons (Fsp3) is 0.353. The first kappa shape index (κ1) is 16.9. The maximum absolute atomic E-state index is 13.4. The van der Waals surface area contributed by atoms with Crippen LogP contribution < -0.4 is 5.32 Å². The molecular formula is C17H19FN4O3. The molecule has 1 aliphatic heterocycles. The van der Waals surface area contributed by atoms with Crippen LogP contribution in [0.15, 0.2) is 30.3 Å². The van der Waals surface area contributed by atoms with Gasteiger partial charge in [0.05, 0.1) is 11.6 Å². The number of halogens is 1. The highest BCUT2D eigenvalue weighted by Crippen LogP contribution is 2.19. The van der Waals surface area contributed by atoms with Crippen molar-refractivity contribution >= 4 is 17.8 Å². The predicted molar refractivity (Wildman–Crippen MR) is 89.2 cm³/mol. The molecule has 0 radical (unpaired) electrons. The first-order valence-electron chi connectivity index (χ1n) is 8.05. The highest BCUT2D eigenvalue weighted by molar-refractivity contribution is 5.88. The summed E-state index contributed by atoms with van der Waals surface area (Å²) in [7, 11) is 0. The molecule has 1 aliphatic rings. The smallest absolute Gasteiger partial charge is 0.323 e. The molecule has 1 fully saturated rings. The molecule has 0 unspecified atom stereocenters. The number of carboxylic acids is 1. The SMILES string of the molecule is Cc1cc(NC(=O)N2CCC(C(=O)O)CC2)nn1-c1cccc(F)c1. The lowest BCUT2D eigenvalue weighted by molar-refractivity contribution is -0.143. The van der Waals surface area contributed by atoms with Crippen LogP contribution in [0.2, 0.25) is 0 Å². The van der Waals surface area contributed by atoms with Gasteiger partial charge < -0.3 is 10.0 Å². The maximum atomic E-state index is 13.4. The Morgan fingerprint density at radius 3 is 2.64 bits per heavy atom. The summed E-state index contributed by atoms with van der Waals surface area (Å²) in [5, 5.41) is 16.0. The van der Waals surface area contributed by atoms with E-state index in [0.29, 0.717) is 37.4 Å². The van der Waals surface area contributed by atoms with Gasteiger partial charge >= 0.3 is 12.0 Å². The standard InChI is InChI=1S/C17H19FN4O3/c1-11-9-15(20-22(11)14-4-2-3-13(18)10-14)19-17(25)21-7-5-12(6-8-21)16(23)24/h2-4,9-10,12H,5-8H2,1H3,(H,23,24)(H,19,20,25). The van der Waals surface area contributed by atoms with Crippen LogP contribution in [-0.4, -0.2) is 44.9 Å². The topological polar surface area (TPSA) is 87.5 Å². The van der Waals surface area contributed by atoms with Gasteiger partial charge in [-0.3, -0.25) is 10.1 Å². The number of anilines is 1. The molecule has 3 rings (SSSR count). The molecule has 0 spiro atoms. The van der Waals surface area contributed by atoms with Crippen LogP contribution in [0.4, 0.5) is 15.0 Å². The van der Waals surface area contributed by atoms with Crippen molar-refractivity contribution in [1.29, 1.82) is 0 Å². The van der Waals surface area contributed by atoms with E-state index in [0.717, 1.165) is 5.69 Å². The molecule has 0 saturated carbocycles. The summed E-state index contributed by atoms with van der Waals surface area (Å²) < 4.78 is 14.9. The van der Waals surface area contributed by atoms with Gasteiger partial charge in [-0.25, -0.2) is 13.9 Å². The average Bonchev–Trinajstić information content (AvgIpc) is 2.95. The summed E-state index contributed by atoms with van der Waals surface area (Å²) in [4.78, 5) is 24.9. The Bertz CT molecular complexity index is 797. The molecule has 7 nitrogen and oxygen atoms in total. The zero-order valence-electron chi connectivity index (χ0n) is 13.8. The second kappa shape index (κ2) is 6.92. The van der Waals surface area contributed by atoms with E-state index in [2.05, 4.69) is 10.4 Å². The lowest BCUT2D eigenvalue weighted by Gasteiger charge is -2.29. The quantitative estimate of drug-likeness (QED) is 0.894. The number of piperidine rings is 1. The van der Waals surface area contributed by atoms with Crippen LogP contribution in [0.25, 0.3) is 5.69 Å². The number of aryl methyl sites for hydroxylation is 1. The van der Waals surface area contributed by atoms with Crippen molar-refractivity contribution in [2.24, 2.45) is 5.92 Å². The van der Waals surface area contributed by atoms with Crippen molar-refractivity contribution in [3.63, 3.8) is 0 Å². The van der Waals surface area contributed by atoms with Gasteiger partial charge in [0, 0.05) is 24.8 Å². The molecule has 0 atom stereocenters. The number of carbonyl (C=O) groups excluding carboxylic acids is 1. The second-order valence-corrected chi connectivity index (χ2v) is 6.09. The summed E-state index contributed by atoms with van der Waals surface area (Å²) in [6.07, 6.45) is 0.888. The van der Waals surface area contributed by atoms with Crippen LogP contribution in [-0.2, 0) is 4.79 Å². The van der Waals surface area contributed by atoms with Gasteiger partial charge in [0.1, 0.15) is 5.82 Å². The number of likely N-dealkylation sites (tertiary alicyclic amines) is 1. The number of amides is 2. The summed E-state index contributed by atoms with van der Waals surface area (Å²) in [6.45, 7) is 2.60. The summed E-state index contributed by atoms with van der Waals surface area (Å²) in [5.41, 5.74) is 1.32. The Balaban J connectivity index is 1.67. The molecule has 0 aliphatic carbocycles. The lowest BCUT2D eigenvalue weighted by atomic mass is 9.97. The van der Waals surface area contributed by atoms with Crippen molar-refractivity contribution in [2.75, 3.05) is 18.4 Å². The fourth-order valence-corrected chi connectivity index (χ4v) is 2.92. The zero-order chi connectivity index (χ0) is 18.0. The third-order valence-corrected chi connectivity index (χ3v) is 4.31. The number of hydrogen-bond donors (Lipinski definition) is 2. The van der Waals surface area contributed by atoms with E-state index in [9.17, 15) is 14.0 Å². The Labute approximate surface area is 144 Å². The number of nitrogens with one attached hydrogen (secondary N) is 1. The number of rotatable bonds is 3. The lowest BCUT2D eigenvalue weighted by Crippen LogP contribution is -2.42. The molecule has 0 bridgehead atoms. The number of nitrogens with zero attached hydrogens (tertiary/aromatic N) is 3. The number of urea groups is 1. The largest absolute Gasteiger partial charge is 0.481 e. The van der Waals surface area contributed by atoms with Crippen molar-refractivity contribution < 1.29 is 19.1 Å². The highest BCUT2D eigenvalue weighted by atomic mass is 19.1. The number of aromatic nitrogens is 2. The zero-order valence-corrected chi connectivity index (χ0v) is 13.8. The first-order chi connectivity index (χ1) is 11.9. The van der Waals surface area contributed by atoms with Crippen LogP contribution >= 0.6 is 0 Å². The highest BCUT2D eigenvalue weighted by Gasteiger charge is 2.27. The monoisotopic (exact) mass is 346 g/mol. The van der Waals surface area contributed by atoms with E-state index in [1.54, 1.807) is 27.8 Å². The predicted octanol–water partition coefficient (Wildman–Crippen LogP) is 2.65. The molecule has 1 aromatic carbocycles. The second-order valence-electron chi connectivity index (χ2n) is 6.09. The van der Waals surface area contributed by atoms with Crippen molar-refractivity contribution in [2.45, 2.75) is 19.8 Å². The van der Waals surface area contributed by atoms with Gasteiger partial charge in [-0.1, -0.05) is 6.07 Å². The van der Waals surface area contributed by atoms with E-state index < -0.39 is 11.9 Å². The van der Waals surface area contributed by atoms with E-state index in [1.165, 1.54) is 12.1 Å². The van der Waals surface area contributed by atoms with Gasteiger partial charge in [-0.2, -0.15) is 0 Å². The van der Waals surface area contributed by atoms with Gasteiger partial charge in [-0.15, -0.1) is 5.10 Å². The molecular weight excluding hydrogens is 327 g/mol. The van der Waals surface area contributed by atoms with Crippen LogP contribution in [0.1, 0.15) is 18.5 Å². The third kappa shape index (κ3) is 3.78. The summed E-state index contributed by atoms with van der Waals surface area (Å²) in [5.74, 6) is -1.20.